The van der Waals surface area contributed by atoms with Crippen molar-refractivity contribution in [1.29, 1.82) is 0 Å². The summed E-state index contributed by atoms with van der Waals surface area (Å²) in [5.74, 6) is 0.0250. The molecule has 0 aliphatic carbocycles. The minimum absolute atomic E-state index is 0.307. The highest BCUT2D eigenvalue weighted by atomic mass is 35.5. The van der Waals surface area contributed by atoms with E-state index in [9.17, 15) is 4.79 Å². The van der Waals surface area contributed by atoms with Gasteiger partial charge >= 0.3 is 5.97 Å². The van der Waals surface area contributed by atoms with Crippen molar-refractivity contribution in [2.24, 2.45) is 11.7 Å². The molecule has 2 unspecified atom stereocenters. The highest BCUT2D eigenvalue weighted by Crippen LogP contribution is 2.32. The summed E-state index contributed by atoms with van der Waals surface area (Å²) in [7, 11) is 1.58. The molecule has 1 aromatic carbocycles. The number of nitrogens with zero attached hydrogens (tertiary/aromatic N) is 1. The van der Waals surface area contributed by atoms with Crippen LogP contribution in [0.25, 0.3) is 0 Å². The third-order valence-electron chi connectivity index (χ3n) is 3.69. The molecule has 1 heterocycles. The number of carboxylic acids is 1. The summed E-state index contributed by atoms with van der Waals surface area (Å²) in [5, 5.41) is 9.43. The van der Waals surface area contributed by atoms with Crippen molar-refractivity contribution in [3.8, 4) is 5.75 Å². The van der Waals surface area contributed by atoms with Gasteiger partial charge in [0.1, 0.15) is 11.8 Å². The number of anilines is 1. The molecule has 1 saturated heterocycles. The van der Waals surface area contributed by atoms with Crippen molar-refractivity contribution < 1.29 is 14.6 Å². The van der Waals surface area contributed by atoms with Gasteiger partial charge in [0, 0.05) is 18.8 Å². The maximum absolute atomic E-state index is 10.8. The Kier molecular flexibility index (Phi) is 4.73. The molecule has 0 radical (unpaired) electrons. The lowest BCUT2D eigenvalue weighted by Gasteiger charge is -2.20. The largest absolute Gasteiger partial charge is 0.495 e. The molecular weight excluding hydrogens is 280 g/mol. The van der Waals surface area contributed by atoms with Gasteiger partial charge in [-0.2, -0.15) is 0 Å². The summed E-state index contributed by atoms with van der Waals surface area (Å²) in [6.07, 6.45) is 1.46. The quantitative estimate of drug-likeness (QED) is 0.869. The predicted molar refractivity (Wildman–Crippen MR) is 78.6 cm³/mol. The smallest absolute Gasteiger partial charge is 0.320 e. The van der Waals surface area contributed by atoms with Gasteiger partial charge in [-0.25, -0.2) is 0 Å². The number of ether oxygens (including phenoxy) is 1. The highest BCUT2D eigenvalue weighted by Gasteiger charge is 2.26. The third-order valence-corrected chi connectivity index (χ3v) is 3.99. The van der Waals surface area contributed by atoms with Crippen LogP contribution in [0.3, 0.4) is 0 Å². The Balaban J connectivity index is 1.99. The second-order valence-corrected chi connectivity index (χ2v) is 5.51. The fourth-order valence-corrected chi connectivity index (χ4v) is 2.82. The minimum atomic E-state index is -0.934. The van der Waals surface area contributed by atoms with Crippen molar-refractivity contribution in [1.82, 2.24) is 0 Å². The highest BCUT2D eigenvalue weighted by molar-refractivity contribution is 6.32. The number of halogens is 1. The summed E-state index contributed by atoms with van der Waals surface area (Å²) >= 11 is 6.12. The minimum Gasteiger partial charge on any atom is -0.495 e. The molecule has 2 atom stereocenters. The lowest BCUT2D eigenvalue weighted by molar-refractivity contribution is -0.138. The summed E-state index contributed by atoms with van der Waals surface area (Å²) in [6, 6.07) is 4.90. The first-order valence-electron chi connectivity index (χ1n) is 6.58. The van der Waals surface area contributed by atoms with Gasteiger partial charge in [-0.3, -0.25) is 4.79 Å². The molecule has 6 heteroatoms. The van der Waals surface area contributed by atoms with Gasteiger partial charge in [-0.05, 0) is 37.0 Å². The molecule has 0 saturated carbocycles. The molecule has 20 heavy (non-hydrogen) atoms. The Labute approximate surface area is 123 Å². The Bertz CT molecular complexity index is 495. The summed E-state index contributed by atoms with van der Waals surface area (Å²) in [6.45, 7) is 1.70. The zero-order valence-electron chi connectivity index (χ0n) is 11.4. The van der Waals surface area contributed by atoms with E-state index in [0.29, 0.717) is 23.1 Å². The van der Waals surface area contributed by atoms with Crippen molar-refractivity contribution in [3.05, 3.63) is 23.2 Å². The van der Waals surface area contributed by atoms with Gasteiger partial charge in [0.05, 0.1) is 12.1 Å². The van der Waals surface area contributed by atoms with E-state index in [1.165, 1.54) is 0 Å². The lowest BCUT2D eigenvalue weighted by Crippen LogP contribution is -2.33. The number of rotatable bonds is 5. The summed E-state index contributed by atoms with van der Waals surface area (Å²) in [5.41, 5.74) is 6.62. The van der Waals surface area contributed by atoms with Crippen LogP contribution in [0, 0.1) is 5.92 Å². The van der Waals surface area contributed by atoms with Crippen molar-refractivity contribution >= 4 is 23.3 Å². The van der Waals surface area contributed by atoms with Gasteiger partial charge in [0.25, 0.3) is 0 Å². The first-order valence-corrected chi connectivity index (χ1v) is 6.96. The molecule has 3 N–H and O–H groups in total. The first kappa shape index (κ1) is 14.9. The SMILES string of the molecule is COc1ccc(N2CCC(CC(N)C(=O)O)C2)cc1Cl. The molecule has 110 valence electrons. The van der Waals surface area contributed by atoms with Crippen LogP contribution in [0.15, 0.2) is 18.2 Å². The molecule has 0 spiro atoms. The molecule has 0 amide bonds. The van der Waals surface area contributed by atoms with Crippen LogP contribution in [-0.2, 0) is 4.79 Å². The Morgan fingerprint density at radius 2 is 2.40 bits per heavy atom. The molecule has 5 nitrogen and oxygen atoms in total. The van der Waals surface area contributed by atoms with Crippen LogP contribution in [0.4, 0.5) is 5.69 Å². The second-order valence-electron chi connectivity index (χ2n) is 5.10. The van der Waals surface area contributed by atoms with Crippen LogP contribution in [0.1, 0.15) is 12.8 Å². The monoisotopic (exact) mass is 298 g/mol. The molecule has 0 aromatic heterocycles. The predicted octanol–water partition coefficient (Wildman–Crippen LogP) is 1.98. The third kappa shape index (κ3) is 3.35. The van der Waals surface area contributed by atoms with Crippen LogP contribution < -0.4 is 15.4 Å². The maximum atomic E-state index is 10.8. The van der Waals surface area contributed by atoms with Crippen LogP contribution in [0.2, 0.25) is 5.02 Å². The normalized spacial score (nSPS) is 19.9. The molecule has 1 aromatic rings. The number of methoxy groups -OCH3 is 1. The van der Waals surface area contributed by atoms with E-state index in [4.69, 9.17) is 27.2 Å². The number of aliphatic carboxylic acids is 1. The van der Waals surface area contributed by atoms with Crippen molar-refractivity contribution in [2.45, 2.75) is 18.9 Å². The number of benzene rings is 1. The van der Waals surface area contributed by atoms with E-state index in [1.807, 2.05) is 18.2 Å². The van der Waals surface area contributed by atoms with E-state index in [0.717, 1.165) is 25.2 Å². The molecule has 1 aliphatic heterocycles. The zero-order valence-corrected chi connectivity index (χ0v) is 12.1. The second kappa shape index (κ2) is 6.33. The fourth-order valence-electron chi connectivity index (χ4n) is 2.57. The molecule has 1 fully saturated rings. The average molecular weight is 299 g/mol. The molecule has 1 aliphatic rings. The molecular formula is C14H19ClN2O3. The van der Waals surface area contributed by atoms with Crippen LogP contribution >= 0.6 is 11.6 Å². The number of hydrogen-bond donors (Lipinski definition) is 2. The lowest BCUT2D eigenvalue weighted by atomic mass is 10.00. The zero-order chi connectivity index (χ0) is 14.7. The summed E-state index contributed by atoms with van der Waals surface area (Å²) in [4.78, 5) is 13.0. The Morgan fingerprint density at radius 3 is 3.00 bits per heavy atom. The molecule has 2 rings (SSSR count). The van der Waals surface area contributed by atoms with Gasteiger partial charge in [0.2, 0.25) is 0 Å². The maximum Gasteiger partial charge on any atom is 0.320 e. The average Bonchev–Trinajstić information content (AvgIpc) is 2.87. The van der Waals surface area contributed by atoms with Gasteiger partial charge in [0.15, 0.2) is 0 Å². The van der Waals surface area contributed by atoms with E-state index in [2.05, 4.69) is 4.90 Å². The summed E-state index contributed by atoms with van der Waals surface area (Å²) < 4.78 is 5.13. The van der Waals surface area contributed by atoms with Gasteiger partial charge in [-0.1, -0.05) is 11.6 Å². The van der Waals surface area contributed by atoms with Crippen LogP contribution in [0.5, 0.6) is 5.75 Å². The Morgan fingerprint density at radius 1 is 1.65 bits per heavy atom. The van der Waals surface area contributed by atoms with E-state index < -0.39 is 12.0 Å². The van der Waals surface area contributed by atoms with E-state index >= 15 is 0 Å². The topological polar surface area (TPSA) is 75.8 Å². The van der Waals surface area contributed by atoms with E-state index in [-0.39, 0.29) is 0 Å². The first-order chi connectivity index (χ1) is 9.51. The Hall–Kier alpha value is -1.46. The number of carboxylic acid groups (broad SMARTS) is 1. The number of carbonyl (C=O) groups is 1. The van der Waals surface area contributed by atoms with Gasteiger partial charge < -0.3 is 20.5 Å². The number of hydrogen-bond acceptors (Lipinski definition) is 4. The standard InChI is InChI=1S/C14H19ClN2O3/c1-20-13-3-2-10(7-11(13)15)17-5-4-9(8-17)6-12(16)14(18)19/h2-3,7,9,12H,4-6,8,16H2,1H3,(H,18,19). The van der Waals surface area contributed by atoms with Gasteiger partial charge in [-0.15, -0.1) is 0 Å². The fraction of sp³-hybridized carbons (Fsp3) is 0.500. The molecule has 0 bridgehead atoms. The van der Waals surface area contributed by atoms with Crippen molar-refractivity contribution in [2.75, 3.05) is 25.1 Å². The van der Waals surface area contributed by atoms with Crippen LogP contribution in [-0.4, -0.2) is 37.3 Å². The number of nitrogens with two attached hydrogens (primary N) is 1. The van der Waals surface area contributed by atoms with Crippen molar-refractivity contribution in [3.63, 3.8) is 0 Å². The van der Waals surface area contributed by atoms with E-state index in [1.54, 1.807) is 7.11 Å².